The minimum atomic E-state index is -1.63. The molecule has 0 spiro atoms. The number of hydrogen-bond acceptors (Lipinski definition) is 6. The van der Waals surface area contributed by atoms with E-state index in [1.54, 1.807) is 12.2 Å². The van der Waals surface area contributed by atoms with Crippen LogP contribution in [0.1, 0.15) is 59.8 Å². The smallest absolute Gasteiger partial charge is 0.303 e. The van der Waals surface area contributed by atoms with Gasteiger partial charge in [0.15, 0.2) is 11.9 Å². The zero-order chi connectivity index (χ0) is 22.1. The summed E-state index contributed by atoms with van der Waals surface area (Å²) in [6.07, 6.45) is 6.44. The largest absolute Gasteiger partial charge is 0.455 e. The van der Waals surface area contributed by atoms with Gasteiger partial charge in [-0.25, -0.2) is 0 Å². The van der Waals surface area contributed by atoms with Crippen LogP contribution in [0.15, 0.2) is 23.8 Å². The second kappa shape index (κ2) is 6.86. The fourth-order valence-corrected chi connectivity index (χ4v) is 7.37. The summed E-state index contributed by atoms with van der Waals surface area (Å²) >= 11 is 0. The Labute approximate surface area is 177 Å². The highest BCUT2D eigenvalue weighted by molar-refractivity contribution is 6.01. The Morgan fingerprint density at radius 3 is 2.63 bits per heavy atom. The van der Waals surface area contributed by atoms with Gasteiger partial charge >= 0.3 is 5.97 Å². The first kappa shape index (κ1) is 21.4. The predicted molar refractivity (Wildman–Crippen MR) is 109 cm³/mol. The lowest BCUT2D eigenvalue weighted by Crippen LogP contribution is -2.62. The molecule has 0 heterocycles. The molecule has 0 unspecified atom stereocenters. The summed E-state index contributed by atoms with van der Waals surface area (Å²) in [5, 5.41) is 22.9. The van der Waals surface area contributed by atoms with E-state index in [4.69, 9.17) is 4.74 Å². The molecule has 0 bridgehead atoms. The molecule has 3 fully saturated rings. The molecule has 4 aliphatic carbocycles. The first-order chi connectivity index (χ1) is 13.9. The quantitative estimate of drug-likeness (QED) is 0.686. The highest BCUT2D eigenvalue weighted by Crippen LogP contribution is 2.67. The lowest BCUT2D eigenvalue weighted by molar-refractivity contribution is -0.185. The molecule has 2 N–H and O–H groups in total. The third-order valence-electron chi connectivity index (χ3n) is 8.77. The van der Waals surface area contributed by atoms with Crippen LogP contribution in [-0.2, 0) is 19.1 Å². The topological polar surface area (TPSA) is 101 Å². The average molecular weight is 417 g/mol. The Kier molecular flexibility index (Phi) is 4.90. The van der Waals surface area contributed by atoms with Gasteiger partial charge in [-0.1, -0.05) is 25.5 Å². The van der Waals surface area contributed by atoms with Crippen molar-refractivity contribution in [3.63, 3.8) is 0 Å². The monoisotopic (exact) mass is 416 g/mol. The first-order valence-electron chi connectivity index (χ1n) is 11.0. The Morgan fingerprint density at radius 1 is 1.27 bits per heavy atom. The summed E-state index contributed by atoms with van der Waals surface area (Å²) in [5.74, 6) is -0.863. The number of aliphatic hydroxyl groups excluding tert-OH is 1. The van der Waals surface area contributed by atoms with Crippen molar-refractivity contribution in [1.82, 2.24) is 0 Å². The molecular weight excluding hydrogens is 384 g/mol. The van der Waals surface area contributed by atoms with Gasteiger partial charge in [-0.15, -0.1) is 0 Å². The number of aliphatic hydroxyl groups is 2. The summed E-state index contributed by atoms with van der Waals surface area (Å²) < 4.78 is 5.09. The molecule has 0 aromatic heterocycles. The summed E-state index contributed by atoms with van der Waals surface area (Å²) in [6.45, 7) is 6.76. The van der Waals surface area contributed by atoms with Crippen molar-refractivity contribution in [2.45, 2.75) is 77.6 Å². The van der Waals surface area contributed by atoms with Gasteiger partial charge in [-0.2, -0.15) is 0 Å². The van der Waals surface area contributed by atoms with E-state index in [1.807, 2.05) is 13.0 Å². The lowest BCUT2D eigenvalue weighted by Gasteiger charge is -2.59. The van der Waals surface area contributed by atoms with Crippen LogP contribution in [0.4, 0.5) is 0 Å². The van der Waals surface area contributed by atoms with Crippen molar-refractivity contribution in [2.24, 2.45) is 28.6 Å². The molecule has 164 valence electrons. The zero-order valence-corrected chi connectivity index (χ0v) is 18.2. The van der Waals surface area contributed by atoms with Gasteiger partial charge in [0.05, 0.1) is 6.10 Å². The standard InChI is InChI=1S/C24H32O6/c1-13(30-14(2)25)21(28)24(29)10-8-18-17-6-5-15-11-16(26)7-9-22(15,3)20(17)19(27)12-23(18,24)4/h7,9,11,13,17-20,27,29H,5-6,8,10,12H2,1-4H3/t13-,17-,18-,19-,20+,22-,23-,24-/m0/s1. The van der Waals surface area contributed by atoms with E-state index in [2.05, 4.69) is 6.92 Å². The van der Waals surface area contributed by atoms with Crippen LogP contribution < -0.4 is 0 Å². The number of ether oxygens (including phenoxy) is 1. The lowest BCUT2D eigenvalue weighted by atomic mass is 9.46. The molecule has 6 heteroatoms. The first-order valence-corrected chi connectivity index (χ1v) is 11.0. The van der Waals surface area contributed by atoms with E-state index in [0.29, 0.717) is 19.3 Å². The van der Waals surface area contributed by atoms with E-state index in [1.165, 1.54) is 13.8 Å². The summed E-state index contributed by atoms with van der Waals surface area (Å²) in [6, 6.07) is 0. The molecule has 8 atom stereocenters. The van der Waals surface area contributed by atoms with Crippen LogP contribution in [0.3, 0.4) is 0 Å². The highest BCUT2D eigenvalue weighted by Gasteiger charge is 2.68. The number of esters is 1. The molecule has 6 nitrogen and oxygen atoms in total. The number of Topliss-reactive ketones (excluding diaryl/α,β-unsaturated/α-hetero) is 1. The number of ketones is 2. The van der Waals surface area contributed by atoms with Crippen molar-refractivity contribution in [3.05, 3.63) is 23.8 Å². The van der Waals surface area contributed by atoms with Crippen molar-refractivity contribution < 1.29 is 29.3 Å². The molecule has 3 saturated carbocycles. The second-order valence-corrected chi connectivity index (χ2v) is 10.2. The number of carbonyl (C=O) groups excluding carboxylic acids is 3. The molecule has 0 saturated heterocycles. The molecule has 4 aliphatic rings. The van der Waals surface area contributed by atoms with Gasteiger partial charge in [0.2, 0.25) is 5.78 Å². The zero-order valence-electron chi connectivity index (χ0n) is 18.2. The molecule has 4 rings (SSSR count). The van der Waals surface area contributed by atoms with E-state index < -0.39 is 35.0 Å². The molecule has 0 aromatic carbocycles. The molecule has 0 aromatic rings. The van der Waals surface area contributed by atoms with E-state index in [0.717, 1.165) is 18.4 Å². The number of rotatable bonds is 3. The Bertz CT molecular complexity index is 858. The van der Waals surface area contributed by atoms with Gasteiger partial charge in [-0.3, -0.25) is 14.4 Å². The molecular formula is C24H32O6. The number of hydrogen-bond donors (Lipinski definition) is 2. The van der Waals surface area contributed by atoms with E-state index >= 15 is 0 Å². The summed E-state index contributed by atoms with van der Waals surface area (Å²) in [4.78, 5) is 36.4. The molecule has 0 amide bonds. The SMILES string of the molecule is CC(=O)O[C@@H](C)C(=O)[C@@]1(O)CC[C@H]2[C@@H]3CCC4=CC(=O)C=C[C@]4(C)[C@H]3[C@@H](O)C[C@@]21C. The van der Waals surface area contributed by atoms with Crippen LogP contribution in [0, 0.1) is 28.6 Å². The van der Waals surface area contributed by atoms with Crippen molar-refractivity contribution >= 4 is 17.5 Å². The number of fused-ring (bicyclic) bond motifs is 5. The maximum Gasteiger partial charge on any atom is 0.303 e. The summed E-state index contributed by atoms with van der Waals surface area (Å²) in [5.41, 5.74) is -1.72. The second-order valence-electron chi connectivity index (χ2n) is 10.2. The number of carbonyl (C=O) groups is 3. The van der Waals surface area contributed by atoms with E-state index in [-0.39, 0.29) is 29.0 Å². The summed E-state index contributed by atoms with van der Waals surface area (Å²) in [7, 11) is 0. The van der Waals surface area contributed by atoms with Crippen molar-refractivity contribution in [2.75, 3.05) is 0 Å². The third-order valence-corrected chi connectivity index (χ3v) is 8.77. The van der Waals surface area contributed by atoms with Crippen LogP contribution >= 0.6 is 0 Å². The van der Waals surface area contributed by atoms with Gasteiger partial charge < -0.3 is 14.9 Å². The maximum atomic E-state index is 13.2. The van der Waals surface area contributed by atoms with Gasteiger partial charge in [-0.05, 0) is 63.0 Å². The molecule has 0 radical (unpaired) electrons. The van der Waals surface area contributed by atoms with E-state index in [9.17, 15) is 24.6 Å². The third kappa shape index (κ3) is 2.79. The van der Waals surface area contributed by atoms with Gasteiger partial charge in [0.1, 0.15) is 5.60 Å². The molecule has 30 heavy (non-hydrogen) atoms. The predicted octanol–water partition coefficient (Wildman–Crippen LogP) is 2.52. The van der Waals surface area contributed by atoms with Crippen molar-refractivity contribution in [1.29, 1.82) is 0 Å². The Hall–Kier alpha value is -1.79. The van der Waals surface area contributed by atoms with Gasteiger partial charge in [0.25, 0.3) is 0 Å². The normalized spacial score (nSPS) is 45.7. The highest BCUT2D eigenvalue weighted by atomic mass is 16.5. The minimum Gasteiger partial charge on any atom is -0.455 e. The Morgan fingerprint density at radius 2 is 1.97 bits per heavy atom. The van der Waals surface area contributed by atoms with Crippen LogP contribution in [0.25, 0.3) is 0 Å². The van der Waals surface area contributed by atoms with Gasteiger partial charge in [0, 0.05) is 23.7 Å². The maximum absolute atomic E-state index is 13.2. The fourth-order valence-electron chi connectivity index (χ4n) is 7.37. The average Bonchev–Trinajstić information content (AvgIpc) is 2.92. The van der Waals surface area contributed by atoms with Crippen LogP contribution in [0.2, 0.25) is 0 Å². The Balaban J connectivity index is 1.68. The van der Waals surface area contributed by atoms with Crippen LogP contribution in [0.5, 0.6) is 0 Å². The number of allylic oxidation sites excluding steroid dienone is 4. The van der Waals surface area contributed by atoms with Crippen molar-refractivity contribution in [3.8, 4) is 0 Å². The molecule has 0 aliphatic heterocycles. The minimum absolute atomic E-state index is 0.00337. The fraction of sp³-hybridized carbons (Fsp3) is 0.708. The van der Waals surface area contributed by atoms with Crippen LogP contribution in [-0.4, -0.2) is 45.6 Å².